The zero-order valence-corrected chi connectivity index (χ0v) is 14.5. The average molecular weight is 337 g/mol. The Hall–Kier alpha value is -1.10. The van der Waals surface area contributed by atoms with E-state index in [1.54, 1.807) is 12.1 Å². The maximum Gasteiger partial charge on any atom is 0.227 e. The lowest BCUT2D eigenvalue weighted by Crippen LogP contribution is -2.59. The average Bonchev–Trinajstić information content (AvgIpc) is 2.49. The number of amides is 1. The SMILES string of the molecule is CC1(C)CN(C(=O)[C@H]2CC[C@H]2N)CC[C@]1(O)c1ccc(Cl)cc1. The van der Waals surface area contributed by atoms with Gasteiger partial charge in [-0.25, -0.2) is 0 Å². The third-order valence-electron chi connectivity index (χ3n) is 5.73. The summed E-state index contributed by atoms with van der Waals surface area (Å²) in [5.74, 6) is 0.113. The summed E-state index contributed by atoms with van der Waals surface area (Å²) in [6, 6.07) is 7.36. The summed E-state index contributed by atoms with van der Waals surface area (Å²) >= 11 is 5.96. The molecule has 5 heteroatoms. The smallest absolute Gasteiger partial charge is 0.227 e. The minimum absolute atomic E-state index is 0.00249. The standard InChI is InChI=1S/C18H25ClN2O2/c1-17(2)11-21(16(22)14-7-8-15(14)20)10-9-18(17,23)12-3-5-13(19)6-4-12/h3-6,14-15,23H,7-11,20H2,1-2H3/t14-,15+,18-/m0/s1. The number of carbonyl (C=O) groups is 1. The van der Waals surface area contributed by atoms with Crippen molar-refractivity contribution in [1.29, 1.82) is 0 Å². The molecule has 1 aromatic carbocycles. The molecular formula is C18H25ClN2O2. The molecule has 0 unspecified atom stereocenters. The Bertz CT molecular complexity index is 602. The van der Waals surface area contributed by atoms with Crippen LogP contribution < -0.4 is 5.73 Å². The van der Waals surface area contributed by atoms with Crippen molar-refractivity contribution in [2.24, 2.45) is 17.1 Å². The first-order valence-corrected chi connectivity index (χ1v) is 8.65. The first-order valence-electron chi connectivity index (χ1n) is 8.27. The Morgan fingerprint density at radius 3 is 2.43 bits per heavy atom. The van der Waals surface area contributed by atoms with E-state index in [1.807, 2.05) is 30.9 Å². The lowest BCUT2D eigenvalue weighted by molar-refractivity contribution is -0.159. The van der Waals surface area contributed by atoms with Gasteiger partial charge in [0.15, 0.2) is 0 Å². The molecule has 0 bridgehead atoms. The Balaban J connectivity index is 1.79. The van der Waals surface area contributed by atoms with Crippen molar-refractivity contribution in [3.05, 3.63) is 34.9 Å². The van der Waals surface area contributed by atoms with E-state index in [2.05, 4.69) is 0 Å². The molecule has 23 heavy (non-hydrogen) atoms. The zero-order chi connectivity index (χ0) is 16.8. The predicted octanol–water partition coefficient (Wildman–Crippen LogP) is 2.52. The van der Waals surface area contributed by atoms with Gasteiger partial charge in [-0.05, 0) is 37.0 Å². The molecule has 126 valence electrons. The number of nitrogens with two attached hydrogens (primary N) is 1. The van der Waals surface area contributed by atoms with E-state index >= 15 is 0 Å². The van der Waals surface area contributed by atoms with Gasteiger partial charge in [-0.2, -0.15) is 0 Å². The van der Waals surface area contributed by atoms with Gasteiger partial charge in [0.05, 0.1) is 11.5 Å². The van der Waals surface area contributed by atoms with Crippen LogP contribution >= 0.6 is 11.6 Å². The van der Waals surface area contributed by atoms with E-state index in [9.17, 15) is 9.90 Å². The summed E-state index contributed by atoms with van der Waals surface area (Å²) in [5.41, 5.74) is 5.40. The summed E-state index contributed by atoms with van der Waals surface area (Å²) in [6.45, 7) is 5.13. The minimum Gasteiger partial charge on any atom is -0.384 e. The number of hydrogen-bond acceptors (Lipinski definition) is 3. The van der Waals surface area contributed by atoms with E-state index in [4.69, 9.17) is 17.3 Å². The summed E-state index contributed by atoms with van der Waals surface area (Å²) in [6.07, 6.45) is 2.34. The monoisotopic (exact) mass is 336 g/mol. The van der Waals surface area contributed by atoms with Crippen LogP contribution in [0.4, 0.5) is 0 Å². The molecule has 1 aromatic rings. The second-order valence-electron chi connectivity index (χ2n) is 7.61. The maximum absolute atomic E-state index is 12.6. The van der Waals surface area contributed by atoms with Crippen molar-refractivity contribution in [2.75, 3.05) is 13.1 Å². The van der Waals surface area contributed by atoms with Gasteiger partial charge in [-0.15, -0.1) is 0 Å². The molecule has 2 aliphatic rings. The van der Waals surface area contributed by atoms with Gasteiger partial charge in [-0.3, -0.25) is 4.79 Å². The summed E-state index contributed by atoms with van der Waals surface area (Å²) < 4.78 is 0. The van der Waals surface area contributed by atoms with Gasteiger partial charge in [0.2, 0.25) is 5.91 Å². The predicted molar refractivity (Wildman–Crippen MR) is 91.0 cm³/mol. The van der Waals surface area contributed by atoms with E-state index in [-0.39, 0.29) is 17.9 Å². The summed E-state index contributed by atoms with van der Waals surface area (Å²) in [7, 11) is 0. The molecule has 0 spiro atoms. The molecule has 1 aliphatic carbocycles. The third-order valence-corrected chi connectivity index (χ3v) is 5.98. The number of carbonyl (C=O) groups excluding carboxylic acids is 1. The minimum atomic E-state index is -0.962. The number of nitrogens with zero attached hydrogens (tertiary/aromatic N) is 1. The molecule has 3 atom stereocenters. The Morgan fingerprint density at radius 2 is 1.96 bits per heavy atom. The molecule has 1 amide bonds. The zero-order valence-electron chi connectivity index (χ0n) is 13.8. The Labute approximate surface area is 142 Å². The van der Waals surface area contributed by atoms with E-state index < -0.39 is 11.0 Å². The molecule has 0 radical (unpaired) electrons. The molecular weight excluding hydrogens is 312 g/mol. The number of benzene rings is 1. The fourth-order valence-corrected chi connectivity index (χ4v) is 3.96. The third kappa shape index (κ3) is 2.77. The highest BCUT2D eigenvalue weighted by atomic mass is 35.5. The van der Waals surface area contributed by atoms with Crippen LogP contribution in [0.5, 0.6) is 0 Å². The highest BCUT2D eigenvalue weighted by Crippen LogP contribution is 2.46. The van der Waals surface area contributed by atoms with Gasteiger partial charge in [0.25, 0.3) is 0 Å². The number of hydrogen-bond donors (Lipinski definition) is 2. The molecule has 3 N–H and O–H groups in total. The number of likely N-dealkylation sites (tertiary alicyclic amines) is 1. The van der Waals surface area contributed by atoms with Crippen molar-refractivity contribution in [2.45, 2.75) is 44.8 Å². The van der Waals surface area contributed by atoms with Crippen LogP contribution in [0, 0.1) is 11.3 Å². The van der Waals surface area contributed by atoms with Gasteiger partial charge >= 0.3 is 0 Å². The van der Waals surface area contributed by atoms with E-state index in [1.165, 1.54) is 0 Å². The fraction of sp³-hybridized carbons (Fsp3) is 0.611. The number of halogens is 1. The van der Waals surface area contributed by atoms with Crippen molar-refractivity contribution in [3.8, 4) is 0 Å². The molecule has 2 fully saturated rings. The van der Waals surface area contributed by atoms with Crippen molar-refractivity contribution in [3.63, 3.8) is 0 Å². The van der Waals surface area contributed by atoms with Gasteiger partial charge in [0, 0.05) is 29.6 Å². The molecule has 1 saturated carbocycles. The molecule has 3 rings (SSSR count). The van der Waals surface area contributed by atoms with Crippen LogP contribution in [0.15, 0.2) is 24.3 Å². The number of piperidine rings is 1. The molecule has 1 heterocycles. The fourth-order valence-electron chi connectivity index (χ4n) is 3.84. The van der Waals surface area contributed by atoms with Crippen molar-refractivity contribution < 1.29 is 9.90 Å². The van der Waals surface area contributed by atoms with E-state index in [0.29, 0.717) is 24.5 Å². The van der Waals surface area contributed by atoms with Crippen molar-refractivity contribution >= 4 is 17.5 Å². The number of rotatable bonds is 2. The highest BCUT2D eigenvalue weighted by Gasteiger charge is 2.50. The Morgan fingerprint density at radius 1 is 1.30 bits per heavy atom. The molecule has 1 aliphatic heterocycles. The molecule has 4 nitrogen and oxygen atoms in total. The van der Waals surface area contributed by atoms with Crippen LogP contribution in [-0.4, -0.2) is 35.0 Å². The lowest BCUT2D eigenvalue weighted by Gasteiger charge is -2.51. The first-order chi connectivity index (χ1) is 10.7. The summed E-state index contributed by atoms with van der Waals surface area (Å²) in [4.78, 5) is 14.5. The first kappa shape index (κ1) is 16.7. The summed E-state index contributed by atoms with van der Waals surface area (Å²) in [5, 5.41) is 12.0. The van der Waals surface area contributed by atoms with Crippen LogP contribution in [0.3, 0.4) is 0 Å². The molecule has 1 saturated heterocycles. The number of aliphatic hydroxyl groups is 1. The second kappa shape index (κ2) is 5.76. The largest absolute Gasteiger partial charge is 0.384 e. The van der Waals surface area contributed by atoms with E-state index in [0.717, 1.165) is 18.4 Å². The topological polar surface area (TPSA) is 66.6 Å². The normalized spacial score (nSPS) is 33.2. The Kier molecular flexibility index (Phi) is 4.20. The molecule has 0 aromatic heterocycles. The van der Waals surface area contributed by atoms with Gasteiger partial charge in [-0.1, -0.05) is 37.6 Å². The highest BCUT2D eigenvalue weighted by molar-refractivity contribution is 6.30. The maximum atomic E-state index is 12.6. The van der Waals surface area contributed by atoms with Crippen molar-refractivity contribution in [1.82, 2.24) is 4.90 Å². The lowest BCUT2D eigenvalue weighted by atomic mass is 9.66. The van der Waals surface area contributed by atoms with Crippen LogP contribution in [0.1, 0.15) is 38.7 Å². The van der Waals surface area contributed by atoms with Crippen LogP contribution in [-0.2, 0) is 10.4 Å². The second-order valence-corrected chi connectivity index (χ2v) is 8.04. The van der Waals surface area contributed by atoms with Crippen LogP contribution in [0.25, 0.3) is 0 Å². The quantitative estimate of drug-likeness (QED) is 0.872. The van der Waals surface area contributed by atoms with Gasteiger partial charge < -0.3 is 15.7 Å². The van der Waals surface area contributed by atoms with Gasteiger partial charge in [0.1, 0.15) is 0 Å². The van der Waals surface area contributed by atoms with Crippen LogP contribution in [0.2, 0.25) is 5.02 Å².